The van der Waals surface area contributed by atoms with Gasteiger partial charge in [-0.15, -0.1) is 0 Å². The highest BCUT2D eigenvalue weighted by Gasteiger charge is 2.65. The van der Waals surface area contributed by atoms with Gasteiger partial charge in [-0.2, -0.15) is 0 Å². The molecule has 3 aliphatic heterocycles. The van der Waals surface area contributed by atoms with Gasteiger partial charge in [0.15, 0.2) is 0 Å². The fraction of sp³-hybridized carbons (Fsp3) is 0.259. The summed E-state index contributed by atoms with van der Waals surface area (Å²) in [5, 5.41) is 3.07. The molecule has 6 rings (SSSR count). The van der Waals surface area contributed by atoms with E-state index in [1.807, 2.05) is 61.2 Å². The van der Waals surface area contributed by atoms with Crippen molar-refractivity contribution in [3.8, 4) is 5.75 Å². The second-order valence-electron chi connectivity index (χ2n) is 9.17. The number of fused-ring (bicyclic) bond motifs is 6. The largest absolute Gasteiger partial charge is 0.493 e. The molecular formula is C27H24N2O3. The van der Waals surface area contributed by atoms with Gasteiger partial charge in [0.1, 0.15) is 11.3 Å². The number of amides is 2. The molecule has 1 N–H and O–H groups in total. The van der Waals surface area contributed by atoms with Gasteiger partial charge in [-0.25, -0.2) is 0 Å². The van der Waals surface area contributed by atoms with E-state index in [0.29, 0.717) is 17.9 Å². The molecule has 2 amide bonds. The van der Waals surface area contributed by atoms with Crippen LogP contribution >= 0.6 is 0 Å². The Kier molecular flexibility index (Phi) is 4.00. The Morgan fingerprint density at radius 2 is 1.75 bits per heavy atom. The van der Waals surface area contributed by atoms with Gasteiger partial charge in [-0.3, -0.25) is 9.59 Å². The molecule has 3 heterocycles. The Labute approximate surface area is 187 Å². The lowest BCUT2D eigenvalue weighted by Gasteiger charge is -2.38. The predicted molar refractivity (Wildman–Crippen MR) is 122 cm³/mol. The molecule has 32 heavy (non-hydrogen) atoms. The molecule has 0 aliphatic carbocycles. The Balaban J connectivity index is 1.64. The van der Waals surface area contributed by atoms with E-state index in [-0.39, 0.29) is 29.7 Å². The fourth-order valence-corrected chi connectivity index (χ4v) is 5.98. The van der Waals surface area contributed by atoms with Crippen molar-refractivity contribution < 1.29 is 14.3 Å². The highest BCUT2D eigenvalue weighted by atomic mass is 16.5. The maximum absolute atomic E-state index is 14.1. The third-order valence-corrected chi connectivity index (χ3v) is 7.38. The molecule has 0 radical (unpaired) electrons. The lowest BCUT2D eigenvalue weighted by Crippen LogP contribution is -2.54. The Morgan fingerprint density at radius 3 is 2.56 bits per heavy atom. The van der Waals surface area contributed by atoms with Crippen LogP contribution in [-0.4, -0.2) is 28.9 Å². The summed E-state index contributed by atoms with van der Waals surface area (Å²) < 4.78 is 6.20. The van der Waals surface area contributed by atoms with Crippen molar-refractivity contribution >= 4 is 17.5 Å². The van der Waals surface area contributed by atoms with E-state index in [2.05, 4.69) is 23.5 Å². The number of carbonyl (C=O) groups excluding carboxylic acids is 2. The number of ether oxygens (including phenoxy) is 1. The van der Waals surface area contributed by atoms with E-state index < -0.39 is 5.54 Å². The summed E-state index contributed by atoms with van der Waals surface area (Å²) in [6, 6.07) is 23.2. The van der Waals surface area contributed by atoms with Crippen LogP contribution < -0.4 is 10.1 Å². The van der Waals surface area contributed by atoms with Gasteiger partial charge in [-0.1, -0.05) is 60.2 Å². The number of hydrogen-bond donors (Lipinski definition) is 1. The number of rotatable bonds is 1. The number of carbonyl (C=O) groups is 2. The Morgan fingerprint density at radius 1 is 1.00 bits per heavy atom. The third kappa shape index (κ3) is 2.45. The first-order chi connectivity index (χ1) is 15.5. The molecule has 1 fully saturated rings. The molecule has 0 aromatic heterocycles. The molecule has 0 saturated carbocycles. The van der Waals surface area contributed by atoms with Crippen molar-refractivity contribution in [3.63, 3.8) is 0 Å². The second-order valence-corrected chi connectivity index (χ2v) is 9.17. The van der Waals surface area contributed by atoms with Crippen LogP contribution in [0.4, 0.5) is 5.69 Å². The van der Waals surface area contributed by atoms with Crippen molar-refractivity contribution in [1.29, 1.82) is 0 Å². The topological polar surface area (TPSA) is 58.6 Å². The van der Waals surface area contributed by atoms with E-state index in [1.54, 1.807) is 12.1 Å². The van der Waals surface area contributed by atoms with Crippen LogP contribution in [-0.2, 0) is 4.79 Å². The van der Waals surface area contributed by atoms with Gasteiger partial charge in [0, 0.05) is 17.4 Å². The van der Waals surface area contributed by atoms with Crippen LogP contribution in [0.25, 0.3) is 0 Å². The molecule has 160 valence electrons. The highest BCUT2D eigenvalue weighted by Crippen LogP contribution is 2.59. The van der Waals surface area contributed by atoms with Gasteiger partial charge in [0.05, 0.1) is 23.9 Å². The van der Waals surface area contributed by atoms with Crippen molar-refractivity contribution in [1.82, 2.24) is 4.90 Å². The van der Waals surface area contributed by atoms with Crippen molar-refractivity contribution in [2.75, 3.05) is 11.9 Å². The summed E-state index contributed by atoms with van der Waals surface area (Å²) in [5.74, 6) is 0.258. The van der Waals surface area contributed by atoms with Crippen LogP contribution in [0, 0.1) is 12.8 Å². The minimum Gasteiger partial charge on any atom is -0.493 e. The zero-order valence-corrected chi connectivity index (χ0v) is 18.0. The first-order valence-corrected chi connectivity index (χ1v) is 11.0. The first-order valence-electron chi connectivity index (χ1n) is 11.0. The van der Waals surface area contributed by atoms with Gasteiger partial charge in [0.25, 0.3) is 11.8 Å². The normalized spacial score (nSPS) is 27.9. The summed E-state index contributed by atoms with van der Waals surface area (Å²) in [7, 11) is 0. The standard InChI is InChI=1S/C27H24N2O3/c1-16-12-13-22-19(14-16)24-20(15-32-22)23(17-8-4-3-5-9-17)27(2)26(31)28-21-11-7-6-10-18(21)25(30)29(24)27/h3-14,20,23-24H,15H2,1-2H3,(H,28,31)/t20?,23?,24?,27-/m1/s1. The molecular weight excluding hydrogens is 400 g/mol. The van der Waals surface area contributed by atoms with Gasteiger partial charge >= 0.3 is 0 Å². The number of aryl methyl sites for hydroxylation is 1. The third-order valence-electron chi connectivity index (χ3n) is 7.38. The molecule has 0 bridgehead atoms. The van der Waals surface area contributed by atoms with Crippen molar-refractivity contribution in [3.05, 3.63) is 95.1 Å². The smallest absolute Gasteiger partial charge is 0.257 e. The van der Waals surface area contributed by atoms with Crippen LogP contribution in [0.15, 0.2) is 72.8 Å². The molecule has 4 atom stereocenters. The summed E-state index contributed by atoms with van der Waals surface area (Å²) in [4.78, 5) is 29.8. The molecule has 0 spiro atoms. The van der Waals surface area contributed by atoms with E-state index in [9.17, 15) is 9.59 Å². The zero-order chi connectivity index (χ0) is 22.0. The van der Waals surface area contributed by atoms with Crippen LogP contribution in [0.2, 0.25) is 0 Å². The van der Waals surface area contributed by atoms with Crippen molar-refractivity contribution in [2.45, 2.75) is 31.3 Å². The number of para-hydroxylation sites is 1. The number of nitrogens with one attached hydrogen (secondary N) is 1. The SMILES string of the molecule is Cc1ccc2c(c1)C1C(CO2)C(c2ccccc2)[C@]2(C)C(=O)Nc3ccccc3C(=O)N12. The zero-order valence-electron chi connectivity index (χ0n) is 18.0. The molecule has 3 aromatic carbocycles. The summed E-state index contributed by atoms with van der Waals surface area (Å²) in [5.41, 5.74) is 3.15. The molecule has 3 unspecified atom stereocenters. The number of benzene rings is 3. The number of anilines is 1. The summed E-state index contributed by atoms with van der Waals surface area (Å²) in [6.07, 6.45) is 0. The average Bonchev–Trinajstić information content (AvgIpc) is 3.05. The van der Waals surface area contributed by atoms with Crippen LogP contribution in [0.1, 0.15) is 45.9 Å². The lowest BCUT2D eigenvalue weighted by atomic mass is 9.73. The van der Waals surface area contributed by atoms with Gasteiger partial charge in [0.2, 0.25) is 0 Å². The summed E-state index contributed by atoms with van der Waals surface area (Å²) in [6.45, 7) is 4.41. The maximum Gasteiger partial charge on any atom is 0.257 e. The second kappa shape index (κ2) is 6.70. The molecule has 3 aliphatic rings. The minimum absolute atomic E-state index is 0.0448. The lowest BCUT2D eigenvalue weighted by molar-refractivity contribution is -0.125. The number of hydrogen-bond acceptors (Lipinski definition) is 3. The molecule has 5 heteroatoms. The molecule has 1 saturated heterocycles. The van der Waals surface area contributed by atoms with E-state index >= 15 is 0 Å². The predicted octanol–water partition coefficient (Wildman–Crippen LogP) is 4.70. The van der Waals surface area contributed by atoms with E-state index in [1.165, 1.54) is 0 Å². The van der Waals surface area contributed by atoms with Crippen molar-refractivity contribution in [2.24, 2.45) is 5.92 Å². The maximum atomic E-state index is 14.1. The van der Waals surface area contributed by atoms with Crippen LogP contribution in [0.5, 0.6) is 5.75 Å². The van der Waals surface area contributed by atoms with Gasteiger partial charge in [-0.05, 0) is 37.6 Å². The average molecular weight is 425 g/mol. The first kappa shape index (κ1) is 19.1. The summed E-state index contributed by atoms with van der Waals surface area (Å²) >= 11 is 0. The Hall–Kier alpha value is -3.60. The molecule has 5 nitrogen and oxygen atoms in total. The number of nitrogens with zero attached hydrogens (tertiary/aromatic N) is 1. The van der Waals surface area contributed by atoms with Gasteiger partial charge < -0.3 is 15.0 Å². The van der Waals surface area contributed by atoms with Crippen LogP contribution in [0.3, 0.4) is 0 Å². The fourth-order valence-electron chi connectivity index (χ4n) is 5.98. The van der Waals surface area contributed by atoms with E-state index in [4.69, 9.17) is 4.74 Å². The molecule has 3 aromatic rings. The monoisotopic (exact) mass is 424 g/mol. The quantitative estimate of drug-likeness (QED) is 0.616. The Bertz CT molecular complexity index is 1250. The van der Waals surface area contributed by atoms with E-state index in [0.717, 1.165) is 22.4 Å². The minimum atomic E-state index is -1.07. The highest BCUT2D eigenvalue weighted by molar-refractivity contribution is 6.12.